The van der Waals surface area contributed by atoms with Gasteiger partial charge in [-0.05, 0) is 49.4 Å². The minimum Gasteiger partial charge on any atom is -0.467 e. The summed E-state index contributed by atoms with van der Waals surface area (Å²) in [6, 6.07) is 11.4. The molecule has 0 N–H and O–H groups in total. The van der Waals surface area contributed by atoms with Crippen LogP contribution in [0.4, 0.5) is 5.95 Å². The van der Waals surface area contributed by atoms with E-state index in [1.165, 1.54) is 12.8 Å². The van der Waals surface area contributed by atoms with E-state index in [1.807, 2.05) is 36.4 Å². The summed E-state index contributed by atoms with van der Waals surface area (Å²) in [6.07, 6.45) is 4.85. The first-order valence-corrected chi connectivity index (χ1v) is 12.1. The number of hydrogen-bond acceptors (Lipinski definition) is 7. The topological polar surface area (TPSA) is 82.2 Å². The molecule has 0 spiro atoms. The number of piperidine rings is 1. The summed E-state index contributed by atoms with van der Waals surface area (Å²) in [7, 11) is 0. The van der Waals surface area contributed by atoms with Crippen LogP contribution in [0.1, 0.15) is 31.9 Å². The lowest BCUT2D eigenvalue weighted by molar-refractivity contribution is 0.427. The number of furan rings is 1. The summed E-state index contributed by atoms with van der Waals surface area (Å²) >= 11 is 1.66. The maximum Gasteiger partial charge on any atom is 0.419 e. The highest BCUT2D eigenvalue weighted by molar-refractivity contribution is 7.99. The summed E-state index contributed by atoms with van der Waals surface area (Å²) in [5.74, 6) is 3.06. The van der Waals surface area contributed by atoms with Gasteiger partial charge in [-0.2, -0.15) is 0 Å². The summed E-state index contributed by atoms with van der Waals surface area (Å²) in [4.78, 5) is 14.5. The molecule has 1 saturated heterocycles. The van der Waals surface area contributed by atoms with E-state index in [0.717, 1.165) is 53.6 Å². The van der Waals surface area contributed by atoms with E-state index in [1.54, 1.807) is 22.6 Å². The molecule has 4 aromatic rings. The molecule has 5 rings (SSSR count). The number of benzene rings is 1. The maximum atomic E-state index is 12.2. The van der Waals surface area contributed by atoms with Gasteiger partial charge in [0, 0.05) is 25.4 Å². The van der Waals surface area contributed by atoms with Crippen molar-refractivity contribution in [2.45, 2.75) is 44.4 Å². The Hall–Kier alpha value is -2.94. The molecule has 0 bridgehead atoms. The molecular weight excluding hydrogens is 426 g/mol. The highest BCUT2D eigenvalue weighted by Gasteiger charge is 2.23. The first kappa shape index (κ1) is 20.9. The number of rotatable bonds is 8. The zero-order valence-corrected chi connectivity index (χ0v) is 19.0. The van der Waals surface area contributed by atoms with Crippen LogP contribution < -0.4 is 10.7 Å². The molecule has 8 nitrogen and oxygen atoms in total. The molecular formula is C23H27N5O3S. The second-order valence-electron chi connectivity index (χ2n) is 8.31. The molecule has 1 aromatic carbocycles. The molecule has 0 unspecified atom stereocenters. The van der Waals surface area contributed by atoms with Crippen LogP contribution in [-0.2, 0) is 13.1 Å². The quantitative estimate of drug-likeness (QED) is 0.291. The predicted octanol–water partition coefficient (Wildman–Crippen LogP) is 4.25. The van der Waals surface area contributed by atoms with Crippen LogP contribution in [-0.4, -0.2) is 38.2 Å². The van der Waals surface area contributed by atoms with Crippen LogP contribution in [0.2, 0.25) is 0 Å². The Labute approximate surface area is 190 Å². The molecule has 1 fully saturated rings. The molecule has 1 aliphatic rings. The van der Waals surface area contributed by atoms with Crippen molar-refractivity contribution in [1.82, 2.24) is 19.3 Å². The van der Waals surface area contributed by atoms with Crippen molar-refractivity contribution in [3.63, 3.8) is 0 Å². The van der Waals surface area contributed by atoms with Gasteiger partial charge in [0.1, 0.15) is 5.76 Å². The fraction of sp³-hybridized carbons (Fsp3) is 0.435. The number of aromatic nitrogens is 4. The molecule has 0 radical (unpaired) electrons. The average Bonchev–Trinajstić information content (AvgIpc) is 3.52. The van der Waals surface area contributed by atoms with Crippen molar-refractivity contribution < 1.29 is 8.83 Å². The van der Waals surface area contributed by atoms with Gasteiger partial charge in [0.05, 0.1) is 18.3 Å². The Morgan fingerprint density at radius 3 is 2.75 bits per heavy atom. The van der Waals surface area contributed by atoms with Gasteiger partial charge in [-0.15, -0.1) is 10.2 Å². The van der Waals surface area contributed by atoms with E-state index in [9.17, 15) is 4.79 Å². The molecule has 9 heteroatoms. The Balaban J connectivity index is 1.28. The number of para-hydroxylation sites is 2. The average molecular weight is 454 g/mol. The minimum absolute atomic E-state index is 0.307. The van der Waals surface area contributed by atoms with E-state index in [-0.39, 0.29) is 5.76 Å². The van der Waals surface area contributed by atoms with E-state index in [2.05, 4.69) is 26.6 Å². The van der Waals surface area contributed by atoms with E-state index < -0.39 is 0 Å². The smallest absolute Gasteiger partial charge is 0.419 e. The van der Waals surface area contributed by atoms with Crippen molar-refractivity contribution in [3.8, 4) is 0 Å². The van der Waals surface area contributed by atoms with Crippen LogP contribution in [0.3, 0.4) is 0 Å². The monoisotopic (exact) mass is 453 g/mol. The van der Waals surface area contributed by atoms with Crippen LogP contribution in [0.5, 0.6) is 0 Å². The number of nitrogens with zero attached hydrogens (tertiary/aromatic N) is 5. The summed E-state index contributed by atoms with van der Waals surface area (Å²) in [6.45, 7) is 5.51. The lowest BCUT2D eigenvalue weighted by Crippen LogP contribution is -2.35. The molecule has 0 amide bonds. The number of hydrogen-bond donors (Lipinski definition) is 0. The van der Waals surface area contributed by atoms with Gasteiger partial charge in [-0.3, -0.25) is 9.13 Å². The molecule has 4 heterocycles. The molecule has 0 saturated carbocycles. The van der Waals surface area contributed by atoms with Crippen molar-refractivity contribution in [1.29, 1.82) is 0 Å². The molecule has 1 aliphatic heterocycles. The number of anilines is 1. The zero-order chi connectivity index (χ0) is 21.9. The Morgan fingerprint density at radius 1 is 1.09 bits per heavy atom. The lowest BCUT2D eigenvalue weighted by Gasteiger charge is -2.31. The largest absolute Gasteiger partial charge is 0.467 e. The standard InChI is InChI=1S/C23H27N5O3S/c1-17-9-12-26(13-10-17)21-24-25-22(28(21)16-18-6-4-14-30-18)32-15-5-11-27-19-7-2-3-8-20(19)31-23(27)29/h2-4,6-8,14,17H,5,9-13,15-16H2,1H3. The van der Waals surface area contributed by atoms with Gasteiger partial charge in [0.25, 0.3) is 0 Å². The summed E-state index contributed by atoms with van der Waals surface area (Å²) in [5.41, 5.74) is 1.47. The molecule has 32 heavy (non-hydrogen) atoms. The zero-order valence-electron chi connectivity index (χ0n) is 18.1. The minimum atomic E-state index is -0.307. The van der Waals surface area contributed by atoms with Gasteiger partial charge in [0.2, 0.25) is 5.95 Å². The fourth-order valence-electron chi connectivity index (χ4n) is 4.14. The highest BCUT2D eigenvalue weighted by Crippen LogP contribution is 2.27. The third kappa shape index (κ3) is 4.34. The Kier molecular flexibility index (Phi) is 6.07. The van der Waals surface area contributed by atoms with Crippen LogP contribution in [0.15, 0.2) is 61.4 Å². The van der Waals surface area contributed by atoms with E-state index in [4.69, 9.17) is 8.83 Å². The van der Waals surface area contributed by atoms with Gasteiger partial charge < -0.3 is 13.7 Å². The van der Waals surface area contributed by atoms with Gasteiger partial charge in [-0.25, -0.2) is 4.79 Å². The molecule has 168 valence electrons. The van der Waals surface area contributed by atoms with Crippen molar-refractivity contribution in [2.75, 3.05) is 23.7 Å². The van der Waals surface area contributed by atoms with E-state index in [0.29, 0.717) is 18.7 Å². The molecule has 0 atom stereocenters. The van der Waals surface area contributed by atoms with Crippen LogP contribution in [0.25, 0.3) is 11.1 Å². The Bertz CT molecular complexity index is 1220. The third-order valence-electron chi connectivity index (χ3n) is 5.99. The predicted molar refractivity (Wildman–Crippen MR) is 124 cm³/mol. The van der Waals surface area contributed by atoms with Gasteiger partial charge in [-0.1, -0.05) is 30.8 Å². The second-order valence-corrected chi connectivity index (χ2v) is 9.37. The fourth-order valence-corrected chi connectivity index (χ4v) is 5.00. The Morgan fingerprint density at radius 2 is 1.94 bits per heavy atom. The number of fused-ring (bicyclic) bond motifs is 1. The van der Waals surface area contributed by atoms with Crippen molar-refractivity contribution in [3.05, 3.63) is 59.0 Å². The SMILES string of the molecule is CC1CCN(c2nnc(SCCCn3c(=O)oc4ccccc43)n2Cc2ccco2)CC1. The first-order chi connectivity index (χ1) is 15.7. The van der Waals surface area contributed by atoms with Crippen LogP contribution >= 0.6 is 11.8 Å². The normalized spacial score (nSPS) is 15.1. The number of oxazole rings is 1. The van der Waals surface area contributed by atoms with Gasteiger partial charge >= 0.3 is 5.76 Å². The van der Waals surface area contributed by atoms with Gasteiger partial charge in [0.15, 0.2) is 10.7 Å². The van der Waals surface area contributed by atoms with E-state index >= 15 is 0 Å². The molecule has 0 aliphatic carbocycles. The summed E-state index contributed by atoms with van der Waals surface area (Å²) < 4.78 is 14.8. The third-order valence-corrected chi connectivity index (χ3v) is 7.04. The number of aryl methyl sites for hydroxylation is 1. The highest BCUT2D eigenvalue weighted by atomic mass is 32.2. The summed E-state index contributed by atoms with van der Waals surface area (Å²) in [5, 5.41) is 9.91. The van der Waals surface area contributed by atoms with Crippen molar-refractivity contribution in [2.24, 2.45) is 5.92 Å². The first-order valence-electron chi connectivity index (χ1n) is 11.1. The van der Waals surface area contributed by atoms with Crippen molar-refractivity contribution >= 4 is 28.8 Å². The maximum absolute atomic E-state index is 12.2. The number of thioether (sulfide) groups is 1. The second kappa shape index (κ2) is 9.28. The van der Waals surface area contributed by atoms with Crippen LogP contribution in [0, 0.1) is 5.92 Å². The molecule has 3 aromatic heterocycles. The lowest BCUT2D eigenvalue weighted by atomic mass is 10.00.